The van der Waals surface area contributed by atoms with Crippen LogP contribution in [0.1, 0.15) is 20.9 Å². The van der Waals surface area contributed by atoms with Gasteiger partial charge in [-0.25, -0.2) is 0 Å². The summed E-state index contributed by atoms with van der Waals surface area (Å²) in [6.45, 7) is 1.96. The Kier molecular flexibility index (Phi) is 3.21. The Bertz CT molecular complexity index is 779. The summed E-state index contributed by atoms with van der Waals surface area (Å²) in [4.78, 5) is 17.5. The maximum absolute atomic E-state index is 12.3. The number of ketones is 1. The molecule has 0 spiro atoms. The Morgan fingerprint density at radius 3 is 2.79 bits per heavy atom. The number of pyridine rings is 1. The van der Waals surface area contributed by atoms with Crippen molar-refractivity contribution < 1.29 is 4.79 Å². The van der Waals surface area contributed by atoms with Crippen LogP contribution in [0.3, 0.4) is 0 Å². The molecular weight excluding hydrogens is 322 g/mol. The minimum Gasteiger partial charge on any atom is -0.288 e. The highest BCUT2D eigenvalue weighted by Crippen LogP contribution is 2.24. The van der Waals surface area contributed by atoms with Gasteiger partial charge in [0.15, 0.2) is 0 Å². The number of benzene rings is 1. The maximum Gasteiger partial charge on any atom is 0.203 e. The number of aryl methyl sites for hydroxylation is 1. The number of aromatic nitrogens is 1. The molecule has 1 aromatic carbocycles. The van der Waals surface area contributed by atoms with Crippen molar-refractivity contribution in [2.75, 3.05) is 0 Å². The molecule has 0 aliphatic carbocycles. The van der Waals surface area contributed by atoms with Crippen molar-refractivity contribution in [3.8, 4) is 0 Å². The predicted octanol–water partition coefficient (Wildman–Crippen LogP) is 4.60. The largest absolute Gasteiger partial charge is 0.288 e. The first-order chi connectivity index (χ1) is 9.13. The first-order valence-corrected chi connectivity index (χ1v) is 7.47. The molecule has 0 saturated heterocycles. The Balaban J connectivity index is 2.06. The fourth-order valence-corrected chi connectivity index (χ4v) is 3.33. The number of carbonyl (C=O) groups is 1. The summed E-state index contributed by atoms with van der Waals surface area (Å²) in [5, 5.41) is 2.91. The van der Waals surface area contributed by atoms with Crippen molar-refractivity contribution in [1.29, 1.82) is 0 Å². The van der Waals surface area contributed by atoms with Crippen molar-refractivity contribution in [2.45, 2.75) is 6.92 Å². The topological polar surface area (TPSA) is 30.0 Å². The fraction of sp³-hybridized carbons (Fsp3) is 0.0667. The summed E-state index contributed by atoms with van der Waals surface area (Å²) in [7, 11) is 0. The molecule has 2 aromatic heterocycles. The van der Waals surface area contributed by atoms with Gasteiger partial charge in [-0.3, -0.25) is 9.78 Å². The maximum atomic E-state index is 12.3. The summed E-state index contributed by atoms with van der Waals surface area (Å²) >= 11 is 4.82. The van der Waals surface area contributed by atoms with Crippen LogP contribution in [-0.2, 0) is 0 Å². The van der Waals surface area contributed by atoms with Crippen molar-refractivity contribution >= 4 is 44.0 Å². The van der Waals surface area contributed by atoms with Gasteiger partial charge in [0.2, 0.25) is 5.78 Å². The lowest BCUT2D eigenvalue weighted by atomic mass is 10.1. The molecular formula is C15H10BrNOS. The van der Waals surface area contributed by atoms with Gasteiger partial charge in [0.1, 0.15) is 0 Å². The summed E-state index contributed by atoms with van der Waals surface area (Å²) < 4.78 is 0.943. The number of halogens is 1. The SMILES string of the molecule is Cc1ccc2cc(C(=O)c3cc(Br)cs3)ccc2n1. The zero-order chi connectivity index (χ0) is 13.4. The average Bonchev–Trinajstić information content (AvgIpc) is 2.84. The van der Waals surface area contributed by atoms with E-state index in [4.69, 9.17) is 0 Å². The van der Waals surface area contributed by atoms with Gasteiger partial charge in [-0.1, -0.05) is 6.07 Å². The molecule has 94 valence electrons. The first kappa shape index (κ1) is 12.5. The van der Waals surface area contributed by atoms with E-state index in [1.165, 1.54) is 11.3 Å². The van der Waals surface area contributed by atoms with E-state index in [-0.39, 0.29) is 5.78 Å². The number of fused-ring (bicyclic) bond motifs is 1. The van der Waals surface area contributed by atoms with Crippen molar-refractivity contribution in [1.82, 2.24) is 4.98 Å². The molecule has 0 unspecified atom stereocenters. The third kappa shape index (κ3) is 2.46. The van der Waals surface area contributed by atoms with E-state index in [0.29, 0.717) is 5.56 Å². The Hall–Kier alpha value is -1.52. The van der Waals surface area contributed by atoms with Crippen molar-refractivity contribution in [3.63, 3.8) is 0 Å². The molecule has 0 amide bonds. The Labute approximate surface area is 123 Å². The highest BCUT2D eigenvalue weighted by molar-refractivity contribution is 9.10. The minimum absolute atomic E-state index is 0.0539. The lowest BCUT2D eigenvalue weighted by molar-refractivity contribution is 0.104. The highest BCUT2D eigenvalue weighted by atomic mass is 79.9. The standard InChI is InChI=1S/C15H10BrNOS/c1-9-2-3-10-6-11(4-5-13(10)17-9)15(18)14-7-12(16)8-19-14/h2-8H,1H3. The molecule has 0 N–H and O–H groups in total. The second-order valence-electron chi connectivity index (χ2n) is 4.32. The van der Waals surface area contributed by atoms with Crippen LogP contribution in [0.4, 0.5) is 0 Å². The van der Waals surface area contributed by atoms with Gasteiger partial charge in [-0.15, -0.1) is 11.3 Å². The lowest BCUT2D eigenvalue weighted by Crippen LogP contribution is -1.98. The molecule has 0 atom stereocenters. The minimum atomic E-state index is 0.0539. The van der Waals surface area contributed by atoms with Gasteiger partial charge in [0.25, 0.3) is 0 Å². The van der Waals surface area contributed by atoms with Gasteiger partial charge in [-0.2, -0.15) is 0 Å². The van der Waals surface area contributed by atoms with Gasteiger partial charge in [0, 0.05) is 26.5 Å². The number of hydrogen-bond acceptors (Lipinski definition) is 3. The quantitative estimate of drug-likeness (QED) is 0.642. The zero-order valence-electron chi connectivity index (χ0n) is 10.2. The van der Waals surface area contributed by atoms with Crippen molar-refractivity contribution in [2.24, 2.45) is 0 Å². The van der Waals surface area contributed by atoms with Crippen LogP contribution in [0.5, 0.6) is 0 Å². The molecule has 3 aromatic rings. The number of nitrogens with zero attached hydrogens (tertiary/aromatic N) is 1. The molecule has 0 radical (unpaired) electrons. The molecule has 0 fully saturated rings. The number of thiophene rings is 1. The predicted molar refractivity (Wildman–Crippen MR) is 81.9 cm³/mol. The van der Waals surface area contributed by atoms with E-state index < -0.39 is 0 Å². The molecule has 3 rings (SSSR count). The molecule has 0 bridgehead atoms. The van der Waals surface area contributed by atoms with Crippen LogP contribution in [-0.4, -0.2) is 10.8 Å². The van der Waals surface area contributed by atoms with E-state index in [1.54, 1.807) is 0 Å². The van der Waals surface area contributed by atoms with Crippen LogP contribution in [0.15, 0.2) is 46.3 Å². The van der Waals surface area contributed by atoms with Crippen molar-refractivity contribution in [3.05, 3.63) is 62.4 Å². The molecule has 0 aliphatic heterocycles. The average molecular weight is 332 g/mol. The number of carbonyl (C=O) groups excluding carboxylic acids is 1. The molecule has 19 heavy (non-hydrogen) atoms. The van der Waals surface area contributed by atoms with Crippen LogP contribution < -0.4 is 0 Å². The Morgan fingerprint density at radius 2 is 2.05 bits per heavy atom. The third-order valence-electron chi connectivity index (χ3n) is 2.88. The molecule has 2 heterocycles. The monoisotopic (exact) mass is 331 g/mol. The van der Waals surface area contributed by atoms with E-state index >= 15 is 0 Å². The van der Waals surface area contributed by atoms with Crippen LogP contribution in [0, 0.1) is 6.92 Å². The smallest absolute Gasteiger partial charge is 0.203 e. The summed E-state index contributed by atoms with van der Waals surface area (Å²) in [5.41, 5.74) is 2.60. The highest BCUT2D eigenvalue weighted by Gasteiger charge is 2.12. The van der Waals surface area contributed by atoms with Crippen LogP contribution in [0.25, 0.3) is 10.9 Å². The van der Waals surface area contributed by atoms with Gasteiger partial charge in [-0.05, 0) is 53.2 Å². The van der Waals surface area contributed by atoms with Gasteiger partial charge >= 0.3 is 0 Å². The molecule has 0 aliphatic rings. The summed E-state index contributed by atoms with van der Waals surface area (Å²) in [6.07, 6.45) is 0. The zero-order valence-corrected chi connectivity index (χ0v) is 12.6. The first-order valence-electron chi connectivity index (χ1n) is 5.79. The Morgan fingerprint density at radius 1 is 1.21 bits per heavy atom. The second kappa shape index (κ2) is 4.87. The third-order valence-corrected chi connectivity index (χ3v) is 4.57. The summed E-state index contributed by atoms with van der Waals surface area (Å²) in [6, 6.07) is 11.4. The molecule has 4 heteroatoms. The number of rotatable bonds is 2. The van der Waals surface area contributed by atoms with Crippen LogP contribution >= 0.6 is 27.3 Å². The van der Waals surface area contributed by atoms with E-state index in [2.05, 4.69) is 20.9 Å². The normalized spacial score (nSPS) is 10.8. The molecule has 2 nitrogen and oxygen atoms in total. The summed E-state index contributed by atoms with van der Waals surface area (Å²) in [5.74, 6) is 0.0539. The lowest BCUT2D eigenvalue weighted by Gasteiger charge is -2.02. The van der Waals surface area contributed by atoms with Crippen LogP contribution in [0.2, 0.25) is 0 Å². The van der Waals surface area contributed by atoms with Gasteiger partial charge in [0.05, 0.1) is 10.4 Å². The van der Waals surface area contributed by atoms with E-state index in [1.807, 2.05) is 48.7 Å². The second-order valence-corrected chi connectivity index (χ2v) is 6.15. The van der Waals surface area contributed by atoms with E-state index in [0.717, 1.165) is 25.9 Å². The molecule has 0 saturated carbocycles. The van der Waals surface area contributed by atoms with Gasteiger partial charge < -0.3 is 0 Å². The fourth-order valence-electron chi connectivity index (χ4n) is 1.94. The van der Waals surface area contributed by atoms with E-state index in [9.17, 15) is 4.79 Å². The number of hydrogen-bond donors (Lipinski definition) is 0.